The number of halogens is 1. The first-order valence-corrected chi connectivity index (χ1v) is 9.47. The first-order valence-electron chi connectivity index (χ1n) is 9.47. The Hall–Kier alpha value is -3.60. The van der Waals surface area contributed by atoms with Gasteiger partial charge in [0.15, 0.2) is 0 Å². The third-order valence-electron chi connectivity index (χ3n) is 5.45. The molecule has 3 aromatic heterocycles. The second-order valence-electron chi connectivity index (χ2n) is 7.23. The fraction of sp³-hybridized carbons (Fsp3) is 0.125. The van der Waals surface area contributed by atoms with Gasteiger partial charge < -0.3 is 4.74 Å². The first-order chi connectivity index (χ1) is 14.2. The molecule has 1 atom stereocenters. The summed E-state index contributed by atoms with van der Waals surface area (Å²) < 4.78 is 20.0. The van der Waals surface area contributed by atoms with Crippen molar-refractivity contribution in [1.29, 1.82) is 0 Å². The summed E-state index contributed by atoms with van der Waals surface area (Å²) in [5.74, 6) is 0.894. The molecule has 1 aliphatic heterocycles. The van der Waals surface area contributed by atoms with E-state index in [4.69, 9.17) is 4.74 Å². The van der Waals surface area contributed by atoms with Gasteiger partial charge in [-0.25, -0.2) is 9.97 Å². The molecule has 0 bridgehead atoms. The largest absolute Gasteiger partial charge is 0.438 e. The third kappa shape index (κ3) is 3.14. The van der Waals surface area contributed by atoms with E-state index in [0.717, 1.165) is 28.0 Å². The highest BCUT2D eigenvalue weighted by atomic mass is 19.1. The van der Waals surface area contributed by atoms with E-state index >= 15 is 0 Å². The molecule has 0 aliphatic carbocycles. The average Bonchev–Trinajstić information content (AvgIpc) is 2.75. The van der Waals surface area contributed by atoms with Crippen molar-refractivity contribution in [2.75, 3.05) is 0 Å². The minimum atomic E-state index is -0.478. The van der Waals surface area contributed by atoms with Gasteiger partial charge in [0.1, 0.15) is 5.75 Å². The van der Waals surface area contributed by atoms with Crippen LogP contribution >= 0.6 is 0 Å². The number of para-hydroxylation sites is 1. The van der Waals surface area contributed by atoms with E-state index in [0.29, 0.717) is 18.7 Å². The average molecular weight is 383 g/mol. The Labute approximate surface area is 168 Å². The number of pyridine rings is 3. The minimum Gasteiger partial charge on any atom is -0.438 e. The lowest BCUT2D eigenvalue weighted by Gasteiger charge is -2.40. The zero-order valence-electron chi connectivity index (χ0n) is 15.6. The van der Waals surface area contributed by atoms with Gasteiger partial charge in [-0.3, -0.25) is 4.98 Å². The Bertz CT molecular complexity index is 1120. The van der Waals surface area contributed by atoms with Gasteiger partial charge in [0.25, 0.3) is 0 Å². The number of ether oxygens (including phenoxy) is 1. The van der Waals surface area contributed by atoms with Crippen molar-refractivity contribution in [1.82, 2.24) is 15.0 Å². The molecule has 1 unspecified atom stereocenters. The lowest BCUT2D eigenvalue weighted by molar-refractivity contribution is 0.372. The molecule has 4 nitrogen and oxygen atoms in total. The number of aromatic nitrogens is 3. The molecule has 0 amide bonds. The standard InChI is InChI=1S/C24H18FN3O/c25-22-14-18(9-13-27-22)16-24(15-17-7-11-26-12-8-17)19-4-1-2-6-21(19)29-23-20(24)5-3-10-28-23/h1-14H,15-16H2. The number of fused-ring (bicyclic) bond motifs is 2. The molecule has 1 aliphatic rings. The van der Waals surface area contributed by atoms with E-state index in [-0.39, 0.29) is 0 Å². The van der Waals surface area contributed by atoms with Crippen molar-refractivity contribution in [3.8, 4) is 11.6 Å². The van der Waals surface area contributed by atoms with Crippen LogP contribution in [-0.2, 0) is 18.3 Å². The van der Waals surface area contributed by atoms with Crippen LogP contribution in [0.25, 0.3) is 0 Å². The summed E-state index contributed by atoms with van der Waals surface area (Å²) in [6, 6.07) is 19.4. The summed E-state index contributed by atoms with van der Waals surface area (Å²) in [5.41, 5.74) is 3.61. The van der Waals surface area contributed by atoms with Crippen LogP contribution in [-0.4, -0.2) is 15.0 Å². The van der Waals surface area contributed by atoms with Crippen LogP contribution in [0.5, 0.6) is 11.6 Å². The summed E-state index contributed by atoms with van der Waals surface area (Å²) >= 11 is 0. The smallest absolute Gasteiger partial charge is 0.223 e. The van der Waals surface area contributed by atoms with Gasteiger partial charge >= 0.3 is 0 Å². The monoisotopic (exact) mass is 383 g/mol. The molecular formula is C24H18FN3O. The highest BCUT2D eigenvalue weighted by Gasteiger charge is 2.43. The summed E-state index contributed by atoms with van der Waals surface area (Å²) in [6.07, 6.45) is 8.14. The lowest BCUT2D eigenvalue weighted by Crippen LogP contribution is -2.36. The van der Waals surface area contributed by atoms with E-state index in [1.54, 1.807) is 18.6 Å². The molecule has 1 aromatic carbocycles. The van der Waals surface area contributed by atoms with Crippen molar-refractivity contribution in [2.45, 2.75) is 18.3 Å². The van der Waals surface area contributed by atoms with E-state index in [1.165, 1.54) is 12.3 Å². The molecule has 142 valence electrons. The maximum absolute atomic E-state index is 13.9. The van der Waals surface area contributed by atoms with Crippen LogP contribution in [0.1, 0.15) is 22.3 Å². The van der Waals surface area contributed by atoms with Crippen molar-refractivity contribution >= 4 is 0 Å². The molecular weight excluding hydrogens is 365 g/mol. The number of hydrogen-bond donors (Lipinski definition) is 0. The normalized spacial score (nSPS) is 17.1. The van der Waals surface area contributed by atoms with E-state index < -0.39 is 11.4 Å². The van der Waals surface area contributed by atoms with Gasteiger partial charge in [0, 0.05) is 41.3 Å². The van der Waals surface area contributed by atoms with Gasteiger partial charge in [0.05, 0.1) is 0 Å². The molecule has 0 spiro atoms. The SMILES string of the molecule is Fc1cc(CC2(Cc3ccncc3)c3ccccc3Oc3ncccc32)ccn1. The molecule has 0 N–H and O–H groups in total. The second-order valence-corrected chi connectivity index (χ2v) is 7.23. The molecule has 0 saturated heterocycles. The maximum Gasteiger partial charge on any atom is 0.223 e. The van der Waals surface area contributed by atoms with Crippen LogP contribution in [0.15, 0.2) is 85.5 Å². The Morgan fingerprint density at radius 2 is 1.52 bits per heavy atom. The fourth-order valence-corrected chi connectivity index (χ4v) is 4.23. The van der Waals surface area contributed by atoms with Crippen LogP contribution in [0, 0.1) is 5.95 Å². The summed E-state index contributed by atoms with van der Waals surface area (Å²) in [6.45, 7) is 0. The van der Waals surface area contributed by atoms with Crippen molar-refractivity contribution < 1.29 is 9.13 Å². The van der Waals surface area contributed by atoms with Crippen LogP contribution in [0.4, 0.5) is 4.39 Å². The van der Waals surface area contributed by atoms with Crippen LogP contribution in [0.2, 0.25) is 0 Å². The van der Waals surface area contributed by atoms with E-state index in [2.05, 4.69) is 27.1 Å². The Morgan fingerprint density at radius 1 is 0.759 bits per heavy atom. The molecule has 5 heteroatoms. The molecule has 29 heavy (non-hydrogen) atoms. The van der Waals surface area contributed by atoms with Gasteiger partial charge in [-0.1, -0.05) is 24.3 Å². The summed E-state index contributed by atoms with van der Waals surface area (Å²) in [7, 11) is 0. The number of nitrogens with zero attached hydrogens (tertiary/aromatic N) is 3. The molecule has 0 radical (unpaired) electrons. The Balaban J connectivity index is 1.75. The molecule has 0 saturated carbocycles. The number of hydrogen-bond acceptors (Lipinski definition) is 4. The Kier molecular flexibility index (Phi) is 4.28. The number of benzene rings is 1. The first kappa shape index (κ1) is 17.5. The summed E-state index contributed by atoms with van der Waals surface area (Å²) in [5, 5.41) is 0. The highest BCUT2D eigenvalue weighted by molar-refractivity contribution is 5.57. The molecule has 4 aromatic rings. The molecule has 5 rings (SSSR count). The lowest BCUT2D eigenvalue weighted by atomic mass is 9.66. The summed E-state index contributed by atoms with van der Waals surface area (Å²) in [4.78, 5) is 12.4. The van der Waals surface area contributed by atoms with Gasteiger partial charge in [0.2, 0.25) is 11.8 Å². The molecule has 4 heterocycles. The van der Waals surface area contributed by atoms with Gasteiger partial charge in [-0.05, 0) is 60.4 Å². The zero-order valence-corrected chi connectivity index (χ0v) is 15.6. The van der Waals surface area contributed by atoms with E-state index in [9.17, 15) is 4.39 Å². The Morgan fingerprint density at radius 3 is 2.38 bits per heavy atom. The van der Waals surface area contributed by atoms with Crippen molar-refractivity contribution in [3.05, 3.63) is 114 Å². The van der Waals surface area contributed by atoms with Gasteiger partial charge in [-0.15, -0.1) is 0 Å². The fourth-order valence-electron chi connectivity index (χ4n) is 4.23. The van der Waals surface area contributed by atoms with Crippen LogP contribution in [0.3, 0.4) is 0 Å². The highest BCUT2D eigenvalue weighted by Crippen LogP contribution is 2.50. The zero-order chi connectivity index (χ0) is 19.7. The van der Waals surface area contributed by atoms with Gasteiger partial charge in [-0.2, -0.15) is 4.39 Å². The third-order valence-corrected chi connectivity index (χ3v) is 5.45. The predicted molar refractivity (Wildman–Crippen MR) is 107 cm³/mol. The maximum atomic E-state index is 13.9. The van der Waals surface area contributed by atoms with Crippen molar-refractivity contribution in [2.24, 2.45) is 0 Å². The quantitative estimate of drug-likeness (QED) is 0.471. The minimum absolute atomic E-state index is 0.465. The second kappa shape index (κ2) is 7.09. The predicted octanol–water partition coefficient (Wildman–Crippen LogP) is 4.89. The number of rotatable bonds is 4. The van der Waals surface area contributed by atoms with E-state index in [1.807, 2.05) is 42.5 Å². The topological polar surface area (TPSA) is 47.9 Å². The molecule has 0 fully saturated rings. The van der Waals surface area contributed by atoms with Crippen molar-refractivity contribution in [3.63, 3.8) is 0 Å². The van der Waals surface area contributed by atoms with Crippen LogP contribution < -0.4 is 4.74 Å².